The van der Waals surface area contributed by atoms with Gasteiger partial charge in [0, 0.05) is 41.8 Å². The summed E-state index contributed by atoms with van der Waals surface area (Å²) >= 11 is 0. The van der Waals surface area contributed by atoms with Gasteiger partial charge in [-0.25, -0.2) is 0 Å². The molecule has 2 aromatic rings. The first-order valence-electron chi connectivity index (χ1n) is 7.13. The summed E-state index contributed by atoms with van der Waals surface area (Å²) in [6.45, 7) is 6.63. The van der Waals surface area contributed by atoms with Crippen molar-refractivity contribution in [2.75, 3.05) is 13.1 Å². The first kappa shape index (κ1) is 13.0. The molecule has 0 atom stereocenters. The Hall–Kier alpha value is -2.05. The molecule has 3 rings (SSSR count). The topological polar surface area (TPSA) is 42.8 Å². The Morgan fingerprint density at radius 3 is 2.85 bits per heavy atom. The summed E-state index contributed by atoms with van der Waals surface area (Å²) < 4.78 is 0. The number of nitriles is 1. The molecule has 0 aliphatic carbocycles. The monoisotopic (exact) mass is 265 g/mol. The van der Waals surface area contributed by atoms with E-state index in [0.29, 0.717) is 11.6 Å². The fraction of sp³-hybridized carbons (Fsp3) is 0.353. The van der Waals surface area contributed by atoms with Crippen molar-refractivity contribution < 1.29 is 0 Å². The van der Waals surface area contributed by atoms with Crippen molar-refractivity contribution in [2.24, 2.45) is 0 Å². The second kappa shape index (κ2) is 5.15. The van der Waals surface area contributed by atoms with Crippen LogP contribution in [-0.2, 0) is 0 Å². The summed E-state index contributed by atoms with van der Waals surface area (Å²) in [7, 11) is 0. The summed E-state index contributed by atoms with van der Waals surface area (Å²) in [4.78, 5) is 5.77. The standard InChI is InChI=1S/C17H19N3/c1-12(2)20-7-5-14(6-8-20)16-11-19-17-9-13(10-18)3-4-15(16)17/h3-5,9,11-12,19H,6-8H2,1-2H3. The number of fused-ring (bicyclic) bond motifs is 1. The van der Waals surface area contributed by atoms with Gasteiger partial charge in [-0.15, -0.1) is 0 Å². The van der Waals surface area contributed by atoms with Crippen LogP contribution < -0.4 is 0 Å². The summed E-state index contributed by atoms with van der Waals surface area (Å²) in [6, 6.07) is 8.65. The first-order valence-corrected chi connectivity index (χ1v) is 7.13. The fourth-order valence-corrected chi connectivity index (χ4v) is 2.86. The Balaban J connectivity index is 1.94. The van der Waals surface area contributed by atoms with Crippen molar-refractivity contribution in [3.8, 4) is 6.07 Å². The highest BCUT2D eigenvalue weighted by Gasteiger charge is 2.17. The van der Waals surface area contributed by atoms with Gasteiger partial charge < -0.3 is 4.98 Å². The molecule has 3 nitrogen and oxygen atoms in total. The van der Waals surface area contributed by atoms with Gasteiger partial charge >= 0.3 is 0 Å². The van der Waals surface area contributed by atoms with Crippen molar-refractivity contribution in [3.05, 3.63) is 41.6 Å². The number of hydrogen-bond acceptors (Lipinski definition) is 2. The lowest BCUT2D eigenvalue weighted by molar-refractivity contribution is 0.245. The van der Waals surface area contributed by atoms with Crippen LogP contribution in [0.15, 0.2) is 30.5 Å². The summed E-state index contributed by atoms with van der Waals surface area (Å²) in [5.41, 5.74) is 4.45. The molecule has 0 fully saturated rings. The van der Waals surface area contributed by atoms with Gasteiger partial charge in [0.2, 0.25) is 0 Å². The van der Waals surface area contributed by atoms with E-state index in [0.717, 1.165) is 25.0 Å². The van der Waals surface area contributed by atoms with Gasteiger partial charge in [-0.3, -0.25) is 4.90 Å². The molecule has 2 heterocycles. The maximum absolute atomic E-state index is 8.95. The molecule has 3 heteroatoms. The molecule has 0 radical (unpaired) electrons. The van der Waals surface area contributed by atoms with Crippen LogP contribution in [0.3, 0.4) is 0 Å². The highest BCUT2D eigenvalue weighted by Crippen LogP contribution is 2.30. The summed E-state index contributed by atoms with van der Waals surface area (Å²) in [5, 5.41) is 10.2. The van der Waals surface area contributed by atoms with Gasteiger partial charge in [0.05, 0.1) is 11.6 Å². The number of aromatic amines is 1. The zero-order valence-corrected chi connectivity index (χ0v) is 12.0. The van der Waals surface area contributed by atoms with Crippen LogP contribution in [-0.4, -0.2) is 29.0 Å². The molecule has 0 bridgehead atoms. The van der Waals surface area contributed by atoms with Gasteiger partial charge in [0.1, 0.15) is 0 Å². The Kier molecular flexibility index (Phi) is 3.33. The molecular weight excluding hydrogens is 246 g/mol. The Morgan fingerprint density at radius 2 is 2.20 bits per heavy atom. The van der Waals surface area contributed by atoms with E-state index in [1.54, 1.807) is 0 Å². The van der Waals surface area contributed by atoms with Crippen LogP contribution >= 0.6 is 0 Å². The van der Waals surface area contributed by atoms with E-state index in [4.69, 9.17) is 5.26 Å². The van der Waals surface area contributed by atoms with E-state index in [2.05, 4.69) is 48.1 Å². The predicted octanol–water partition coefficient (Wildman–Crippen LogP) is 3.54. The van der Waals surface area contributed by atoms with Crippen LogP contribution in [0.5, 0.6) is 0 Å². The molecule has 0 amide bonds. The minimum absolute atomic E-state index is 0.606. The lowest BCUT2D eigenvalue weighted by Crippen LogP contribution is -2.34. The average molecular weight is 265 g/mol. The molecule has 1 N–H and O–H groups in total. The third-order valence-corrected chi connectivity index (χ3v) is 4.13. The van der Waals surface area contributed by atoms with E-state index >= 15 is 0 Å². The van der Waals surface area contributed by atoms with E-state index < -0.39 is 0 Å². The number of rotatable bonds is 2. The van der Waals surface area contributed by atoms with Crippen LogP contribution in [0.1, 0.15) is 31.4 Å². The third-order valence-electron chi connectivity index (χ3n) is 4.13. The maximum Gasteiger partial charge on any atom is 0.0992 e. The molecule has 0 unspecified atom stereocenters. The van der Waals surface area contributed by atoms with E-state index in [-0.39, 0.29) is 0 Å². The first-order chi connectivity index (χ1) is 9.69. The fourth-order valence-electron chi connectivity index (χ4n) is 2.86. The van der Waals surface area contributed by atoms with Gasteiger partial charge in [-0.2, -0.15) is 5.26 Å². The highest BCUT2D eigenvalue weighted by molar-refractivity contribution is 5.93. The number of hydrogen-bond donors (Lipinski definition) is 1. The zero-order valence-electron chi connectivity index (χ0n) is 12.0. The second-order valence-electron chi connectivity index (χ2n) is 5.64. The van der Waals surface area contributed by atoms with E-state index in [1.807, 2.05) is 12.1 Å². The quantitative estimate of drug-likeness (QED) is 0.902. The largest absolute Gasteiger partial charge is 0.361 e. The molecular formula is C17H19N3. The van der Waals surface area contributed by atoms with E-state index in [1.165, 1.54) is 16.5 Å². The Labute approximate surface area is 119 Å². The number of H-pyrrole nitrogens is 1. The van der Waals surface area contributed by atoms with Crippen molar-refractivity contribution in [1.82, 2.24) is 9.88 Å². The molecule has 0 saturated heterocycles. The van der Waals surface area contributed by atoms with Crippen LogP contribution in [0.25, 0.3) is 16.5 Å². The lowest BCUT2D eigenvalue weighted by Gasteiger charge is -2.29. The molecule has 20 heavy (non-hydrogen) atoms. The normalized spacial score (nSPS) is 16.4. The molecule has 0 saturated carbocycles. The minimum atomic E-state index is 0.606. The number of nitrogens with zero attached hydrogens (tertiary/aromatic N) is 2. The van der Waals surface area contributed by atoms with Gasteiger partial charge in [-0.1, -0.05) is 12.1 Å². The van der Waals surface area contributed by atoms with Crippen molar-refractivity contribution in [3.63, 3.8) is 0 Å². The number of aromatic nitrogens is 1. The Morgan fingerprint density at radius 1 is 1.35 bits per heavy atom. The third kappa shape index (κ3) is 2.23. The lowest BCUT2D eigenvalue weighted by atomic mass is 9.98. The number of nitrogens with one attached hydrogen (secondary N) is 1. The zero-order chi connectivity index (χ0) is 14.1. The van der Waals surface area contributed by atoms with Gasteiger partial charge in [-0.05, 0) is 38.0 Å². The van der Waals surface area contributed by atoms with Crippen molar-refractivity contribution >= 4 is 16.5 Å². The average Bonchev–Trinajstić information content (AvgIpc) is 2.90. The summed E-state index contributed by atoms with van der Waals surface area (Å²) in [5.74, 6) is 0. The van der Waals surface area contributed by atoms with Crippen molar-refractivity contribution in [1.29, 1.82) is 5.26 Å². The molecule has 1 aliphatic rings. The van der Waals surface area contributed by atoms with Crippen LogP contribution in [0.4, 0.5) is 0 Å². The molecule has 102 valence electrons. The Bertz CT molecular complexity index is 701. The molecule has 1 aliphatic heterocycles. The summed E-state index contributed by atoms with van der Waals surface area (Å²) in [6.07, 6.45) is 5.50. The molecule has 0 spiro atoms. The second-order valence-corrected chi connectivity index (χ2v) is 5.64. The number of benzene rings is 1. The minimum Gasteiger partial charge on any atom is -0.361 e. The highest BCUT2D eigenvalue weighted by atomic mass is 15.1. The van der Waals surface area contributed by atoms with Gasteiger partial charge in [0.25, 0.3) is 0 Å². The smallest absolute Gasteiger partial charge is 0.0992 e. The van der Waals surface area contributed by atoms with Crippen LogP contribution in [0, 0.1) is 11.3 Å². The van der Waals surface area contributed by atoms with Crippen LogP contribution in [0.2, 0.25) is 0 Å². The molecule has 1 aromatic heterocycles. The molecule has 1 aromatic carbocycles. The van der Waals surface area contributed by atoms with Gasteiger partial charge in [0.15, 0.2) is 0 Å². The van der Waals surface area contributed by atoms with Crippen molar-refractivity contribution in [2.45, 2.75) is 26.3 Å². The SMILES string of the molecule is CC(C)N1CC=C(c2c[nH]c3cc(C#N)ccc23)CC1. The predicted molar refractivity (Wildman–Crippen MR) is 82.3 cm³/mol. The maximum atomic E-state index is 8.95. The van der Waals surface area contributed by atoms with E-state index in [9.17, 15) is 0 Å².